The first kappa shape index (κ1) is 17.9. The Bertz CT molecular complexity index is 902. The Hall–Kier alpha value is -2.86. The van der Waals surface area contributed by atoms with Crippen LogP contribution in [0.2, 0.25) is 0 Å². The minimum Gasteiger partial charge on any atom is -0.493 e. The number of thiazole rings is 1. The second-order valence-electron chi connectivity index (χ2n) is 5.67. The van der Waals surface area contributed by atoms with Crippen molar-refractivity contribution in [3.63, 3.8) is 0 Å². The molecule has 0 aliphatic rings. The van der Waals surface area contributed by atoms with Crippen LogP contribution in [0.5, 0.6) is 11.5 Å². The molecule has 0 N–H and O–H groups in total. The van der Waals surface area contributed by atoms with Crippen molar-refractivity contribution >= 4 is 17.3 Å². The number of aryl methyl sites for hydroxylation is 1. The van der Waals surface area contributed by atoms with Crippen molar-refractivity contribution < 1.29 is 19.0 Å². The molecule has 3 rings (SSSR count). The van der Waals surface area contributed by atoms with E-state index < -0.39 is 5.97 Å². The Morgan fingerprint density at radius 3 is 2.46 bits per heavy atom. The van der Waals surface area contributed by atoms with Gasteiger partial charge in [0.2, 0.25) is 0 Å². The molecule has 2 aromatic carbocycles. The van der Waals surface area contributed by atoms with Crippen LogP contribution in [0.3, 0.4) is 0 Å². The van der Waals surface area contributed by atoms with Crippen molar-refractivity contribution in [2.75, 3.05) is 14.2 Å². The first-order valence-corrected chi connectivity index (χ1v) is 8.89. The van der Waals surface area contributed by atoms with Gasteiger partial charge in [0, 0.05) is 10.9 Å². The van der Waals surface area contributed by atoms with Gasteiger partial charge in [-0.3, -0.25) is 0 Å². The fourth-order valence-corrected chi connectivity index (χ4v) is 3.16. The van der Waals surface area contributed by atoms with E-state index in [-0.39, 0.29) is 6.61 Å². The van der Waals surface area contributed by atoms with Gasteiger partial charge in [0.15, 0.2) is 17.2 Å². The molecule has 0 aliphatic heterocycles. The molecule has 134 valence electrons. The molecule has 0 fully saturated rings. The summed E-state index contributed by atoms with van der Waals surface area (Å²) in [6.07, 6.45) is 0. The number of methoxy groups -OCH3 is 2. The lowest BCUT2D eigenvalue weighted by Crippen LogP contribution is -2.05. The predicted molar refractivity (Wildman–Crippen MR) is 101 cm³/mol. The molecule has 1 aromatic heterocycles. The zero-order chi connectivity index (χ0) is 18.5. The summed E-state index contributed by atoms with van der Waals surface area (Å²) >= 11 is 1.38. The number of carbonyl (C=O) groups is 1. The molecule has 0 radical (unpaired) electrons. The molecule has 6 heteroatoms. The van der Waals surface area contributed by atoms with E-state index >= 15 is 0 Å². The standard InChI is InChI=1S/C20H19NO4S/c1-13-4-6-14(7-5-13)11-25-20(22)16-12-26-19(21-16)15-8-9-17(23-2)18(10-15)24-3/h4-10,12H,11H2,1-3H3. The van der Waals surface area contributed by atoms with Crippen molar-refractivity contribution in [2.45, 2.75) is 13.5 Å². The number of hydrogen-bond donors (Lipinski definition) is 0. The molecular weight excluding hydrogens is 350 g/mol. The number of benzene rings is 2. The van der Waals surface area contributed by atoms with Crippen molar-refractivity contribution in [2.24, 2.45) is 0 Å². The third kappa shape index (κ3) is 4.03. The molecular formula is C20H19NO4S. The van der Waals surface area contributed by atoms with E-state index in [0.717, 1.165) is 11.1 Å². The van der Waals surface area contributed by atoms with Gasteiger partial charge in [-0.15, -0.1) is 11.3 Å². The van der Waals surface area contributed by atoms with Gasteiger partial charge in [0.1, 0.15) is 11.6 Å². The van der Waals surface area contributed by atoms with E-state index in [1.165, 1.54) is 16.9 Å². The number of esters is 1. The first-order chi connectivity index (χ1) is 12.6. The van der Waals surface area contributed by atoms with Gasteiger partial charge < -0.3 is 14.2 Å². The minimum atomic E-state index is -0.437. The van der Waals surface area contributed by atoms with E-state index in [1.54, 1.807) is 19.6 Å². The normalized spacial score (nSPS) is 10.4. The summed E-state index contributed by atoms with van der Waals surface area (Å²) in [5, 5.41) is 2.41. The summed E-state index contributed by atoms with van der Waals surface area (Å²) in [6.45, 7) is 2.24. The molecule has 0 bridgehead atoms. The highest BCUT2D eigenvalue weighted by Crippen LogP contribution is 2.33. The highest BCUT2D eigenvalue weighted by atomic mass is 32.1. The molecule has 26 heavy (non-hydrogen) atoms. The van der Waals surface area contributed by atoms with Crippen LogP contribution in [0, 0.1) is 6.92 Å². The molecule has 5 nitrogen and oxygen atoms in total. The summed E-state index contributed by atoms with van der Waals surface area (Å²) < 4.78 is 15.9. The fourth-order valence-electron chi connectivity index (χ4n) is 2.38. The smallest absolute Gasteiger partial charge is 0.358 e. The monoisotopic (exact) mass is 369 g/mol. The van der Waals surface area contributed by atoms with Gasteiger partial charge in [-0.05, 0) is 30.7 Å². The third-order valence-electron chi connectivity index (χ3n) is 3.83. The fraction of sp³-hybridized carbons (Fsp3) is 0.200. The summed E-state index contributed by atoms with van der Waals surface area (Å²) in [4.78, 5) is 16.6. The van der Waals surface area contributed by atoms with Crippen LogP contribution in [0.25, 0.3) is 10.6 Å². The topological polar surface area (TPSA) is 57.7 Å². The van der Waals surface area contributed by atoms with Gasteiger partial charge in [-0.25, -0.2) is 9.78 Å². The molecule has 0 saturated heterocycles. The Morgan fingerprint density at radius 2 is 1.77 bits per heavy atom. The number of aromatic nitrogens is 1. The van der Waals surface area contributed by atoms with E-state index in [1.807, 2.05) is 49.4 Å². The van der Waals surface area contributed by atoms with Crippen molar-refractivity contribution in [1.29, 1.82) is 0 Å². The Morgan fingerprint density at radius 1 is 1.04 bits per heavy atom. The number of hydrogen-bond acceptors (Lipinski definition) is 6. The van der Waals surface area contributed by atoms with Gasteiger partial charge in [-0.2, -0.15) is 0 Å². The summed E-state index contributed by atoms with van der Waals surface area (Å²) in [6, 6.07) is 13.4. The SMILES string of the molecule is COc1ccc(-c2nc(C(=O)OCc3ccc(C)cc3)cs2)cc1OC. The summed E-state index contributed by atoms with van der Waals surface area (Å²) in [5.74, 6) is 0.822. The highest BCUT2D eigenvalue weighted by Gasteiger charge is 2.15. The molecule has 0 unspecified atom stereocenters. The second kappa shape index (κ2) is 8.01. The van der Waals surface area contributed by atoms with Crippen LogP contribution in [-0.2, 0) is 11.3 Å². The van der Waals surface area contributed by atoms with Crippen LogP contribution in [0.1, 0.15) is 21.6 Å². The Balaban J connectivity index is 1.70. The Kier molecular flexibility index (Phi) is 5.53. The predicted octanol–water partition coefficient (Wildman–Crippen LogP) is 4.49. The summed E-state index contributed by atoms with van der Waals surface area (Å²) in [7, 11) is 3.17. The van der Waals surface area contributed by atoms with E-state index in [9.17, 15) is 4.79 Å². The summed E-state index contributed by atoms with van der Waals surface area (Å²) in [5.41, 5.74) is 3.26. The quantitative estimate of drug-likeness (QED) is 0.599. The lowest BCUT2D eigenvalue weighted by atomic mass is 10.2. The molecule has 0 aliphatic carbocycles. The van der Waals surface area contributed by atoms with E-state index in [4.69, 9.17) is 14.2 Å². The molecule has 0 amide bonds. The zero-order valence-corrected chi connectivity index (χ0v) is 15.6. The lowest BCUT2D eigenvalue weighted by Gasteiger charge is -2.08. The molecule has 3 aromatic rings. The van der Waals surface area contributed by atoms with Gasteiger partial charge in [-0.1, -0.05) is 29.8 Å². The van der Waals surface area contributed by atoms with Crippen LogP contribution in [-0.4, -0.2) is 25.2 Å². The zero-order valence-electron chi connectivity index (χ0n) is 14.8. The second-order valence-corrected chi connectivity index (χ2v) is 6.53. The number of carbonyl (C=O) groups excluding carboxylic acids is 1. The van der Waals surface area contributed by atoms with Crippen LogP contribution in [0.4, 0.5) is 0 Å². The van der Waals surface area contributed by atoms with Crippen LogP contribution >= 0.6 is 11.3 Å². The maximum Gasteiger partial charge on any atom is 0.358 e. The van der Waals surface area contributed by atoms with Gasteiger partial charge >= 0.3 is 5.97 Å². The maximum absolute atomic E-state index is 12.2. The average molecular weight is 369 g/mol. The number of rotatable bonds is 6. The van der Waals surface area contributed by atoms with E-state index in [0.29, 0.717) is 22.2 Å². The van der Waals surface area contributed by atoms with Crippen molar-refractivity contribution in [1.82, 2.24) is 4.98 Å². The molecule has 0 atom stereocenters. The van der Waals surface area contributed by atoms with Gasteiger partial charge in [0.25, 0.3) is 0 Å². The van der Waals surface area contributed by atoms with Crippen LogP contribution in [0.15, 0.2) is 47.8 Å². The Labute approximate surface area is 156 Å². The first-order valence-electron chi connectivity index (χ1n) is 8.01. The van der Waals surface area contributed by atoms with Crippen molar-refractivity contribution in [3.05, 3.63) is 64.7 Å². The van der Waals surface area contributed by atoms with E-state index in [2.05, 4.69) is 4.98 Å². The molecule has 0 spiro atoms. The maximum atomic E-state index is 12.2. The lowest BCUT2D eigenvalue weighted by molar-refractivity contribution is 0.0467. The largest absolute Gasteiger partial charge is 0.493 e. The van der Waals surface area contributed by atoms with Gasteiger partial charge in [0.05, 0.1) is 14.2 Å². The average Bonchev–Trinajstić information content (AvgIpc) is 3.17. The van der Waals surface area contributed by atoms with Crippen molar-refractivity contribution in [3.8, 4) is 22.1 Å². The third-order valence-corrected chi connectivity index (χ3v) is 4.73. The molecule has 0 saturated carbocycles. The number of nitrogens with zero attached hydrogens (tertiary/aromatic N) is 1. The highest BCUT2D eigenvalue weighted by molar-refractivity contribution is 7.13. The van der Waals surface area contributed by atoms with Crippen LogP contribution < -0.4 is 9.47 Å². The number of ether oxygens (including phenoxy) is 3. The molecule has 1 heterocycles. The minimum absolute atomic E-state index is 0.225.